The van der Waals surface area contributed by atoms with Gasteiger partial charge in [0.25, 0.3) is 0 Å². The molecule has 3 nitrogen and oxygen atoms in total. The molecule has 0 aliphatic carbocycles. The van der Waals surface area contributed by atoms with Gasteiger partial charge in [0.05, 0.1) is 17.3 Å². The van der Waals surface area contributed by atoms with Crippen LogP contribution in [0.1, 0.15) is 30.5 Å². The summed E-state index contributed by atoms with van der Waals surface area (Å²) in [6.45, 7) is 4.21. The highest BCUT2D eigenvalue weighted by atomic mass is 32.1. The number of thiazole rings is 1. The number of esters is 1. The molecule has 0 bridgehead atoms. The number of ether oxygens (including phenoxy) is 1. The van der Waals surface area contributed by atoms with Crippen LogP contribution in [0.15, 0.2) is 23.6 Å². The molecular formula is C13H17NO2S. The Bertz CT molecular complexity index is 407. The van der Waals surface area contributed by atoms with Crippen molar-refractivity contribution in [2.75, 3.05) is 6.61 Å². The number of aromatic nitrogens is 1. The molecule has 92 valence electrons. The second kappa shape index (κ2) is 7.79. The molecule has 0 aliphatic rings. The second-order valence-corrected chi connectivity index (χ2v) is 4.49. The number of aryl methyl sites for hydroxylation is 1. The molecule has 0 aromatic carbocycles. The first-order valence-corrected chi connectivity index (χ1v) is 6.52. The second-order valence-electron chi connectivity index (χ2n) is 3.43. The quantitative estimate of drug-likeness (QED) is 0.442. The maximum absolute atomic E-state index is 11.0. The van der Waals surface area contributed by atoms with Crippen LogP contribution in [0.4, 0.5) is 0 Å². The zero-order valence-corrected chi connectivity index (χ0v) is 11.0. The summed E-state index contributed by atoms with van der Waals surface area (Å²) >= 11 is 1.64. The molecule has 0 radical (unpaired) electrons. The van der Waals surface area contributed by atoms with Gasteiger partial charge in [-0.25, -0.2) is 9.78 Å². The zero-order chi connectivity index (χ0) is 12.5. The van der Waals surface area contributed by atoms with Crippen LogP contribution < -0.4 is 0 Å². The zero-order valence-electron chi connectivity index (χ0n) is 10.2. The van der Waals surface area contributed by atoms with Crippen LogP contribution in [0, 0.1) is 6.92 Å². The molecule has 1 rings (SSSR count). The maximum Gasteiger partial charge on any atom is 0.330 e. The van der Waals surface area contributed by atoms with E-state index < -0.39 is 0 Å². The number of hydrogen-bond donors (Lipinski definition) is 0. The van der Waals surface area contributed by atoms with E-state index in [9.17, 15) is 4.79 Å². The summed E-state index contributed by atoms with van der Waals surface area (Å²) in [6.07, 6.45) is 9.09. The Morgan fingerprint density at radius 1 is 1.47 bits per heavy atom. The Hall–Kier alpha value is -1.42. The SMILES string of the molecule is CCOC(=O)C=CCCC=Cc1csc(C)n1. The monoisotopic (exact) mass is 251 g/mol. The minimum atomic E-state index is -0.272. The lowest BCUT2D eigenvalue weighted by Crippen LogP contribution is -1.98. The minimum Gasteiger partial charge on any atom is -0.463 e. The molecule has 1 heterocycles. The normalized spacial score (nSPS) is 11.4. The standard InChI is InChI=1S/C13H17NO2S/c1-3-16-13(15)9-7-5-4-6-8-12-10-17-11(2)14-12/h6-10H,3-5H2,1-2H3. The van der Waals surface area contributed by atoms with Crippen LogP contribution in [0.25, 0.3) is 6.08 Å². The highest BCUT2D eigenvalue weighted by Crippen LogP contribution is 2.09. The van der Waals surface area contributed by atoms with Gasteiger partial charge in [0.1, 0.15) is 0 Å². The van der Waals surface area contributed by atoms with Crippen LogP contribution in [-0.4, -0.2) is 17.6 Å². The lowest BCUT2D eigenvalue weighted by atomic mass is 10.2. The molecule has 0 N–H and O–H groups in total. The summed E-state index contributed by atoms with van der Waals surface area (Å²) < 4.78 is 4.77. The van der Waals surface area contributed by atoms with Gasteiger partial charge in [-0.15, -0.1) is 11.3 Å². The van der Waals surface area contributed by atoms with Crippen LogP contribution in [0.2, 0.25) is 0 Å². The summed E-state index contributed by atoms with van der Waals surface area (Å²) in [4.78, 5) is 15.3. The minimum absolute atomic E-state index is 0.272. The number of allylic oxidation sites excluding steroid dienone is 2. The molecule has 0 atom stereocenters. The largest absolute Gasteiger partial charge is 0.463 e. The van der Waals surface area contributed by atoms with Gasteiger partial charge in [0, 0.05) is 11.5 Å². The first kappa shape index (κ1) is 13.6. The van der Waals surface area contributed by atoms with E-state index in [4.69, 9.17) is 4.74 Å². The summed E-state index contributed by atoms with van der Waals surface area (Å²) in [7, 11) is 0. The molecule has 0 amide bonds. The topological polar surface area (TPSA) is 39.2 Å². The van der Waals surface area contributed by atoms with Gasteiger partial charge in [0.2, 0.25) is 0 Å². The smallest absolute Gasteiger partial charge is 0.330 e. The molecule has 0 spiro atoms. The van der Waals surface area contributed by atoms with Crippen molar-refractivity contribution in [2.24, 2.45) is 0 Å². The van der Waals surface area contributed by atoms with E-state index in [0.29, 0.717) is 6.61 Å². The summed E-state index contributed by atoms with van der Waals surface area (Å²) in [5, 5.41) is 3.10. The fourth-order valence-electron chi connectivity index (χ4n) is 1.22. The predicted octanol–water partition coefficient (Wildman–Crippen LogP) is 3.36. The van der Waals surface area contributed by atoms with E-state index in [2.05, 4.69) is 11.1 Å². The average Bonchev–Trinajstić information content (AvgIpc) is 2.70. The van der Waals surface area contributed by atoms with Gasteiger partial charge in [-0.2, -0.15) is 0 Å². The number of unbranched alkanes of at least 4 members (excludes halogenated alkanes) is 1. The lowest BCUT2D eigenvalue weighted by Gasteiger charge is -1.93. The van der Waals surface area contributed by atoms with Crippen molar-refractivity contribution in [1.82, 2.24) is 4.98 Å². The molecule has 4 heteroatoms. The van der Waals surface area contributed by atoms with Gasteiger partial charge < -0.3 is 4.74 Å². The summed E-state index contributed by atoms with van der Waals surface area (Å²) in [5.41, 5.74) is 1.00. The Kier molecular flexibility index (Phi) is 6.25. The highest BCUT2D eigenvalue weighted by Gasteiger charge is 1.92. The maximum atomic E-state index is 11.0. The van der Waals surface area contributed by atoms with E-state index in [1.54, 1.807) is 18.3 Å². The van der Waals surface area contributed by atoms with Crippen LogP contribution in [0.5, 0.6) is 0 Å². The Morgan fingerprint density at radius 3 is 2.88 bits per heavy atom. The third kappa shape index (κ3) is 6.02. The first-order valence-electron chi connectivity index (χ1n) is 5.64. The van der Waals surface area contributed by atoms with Crippen molar-refractivity contribution in [2.45, 2.75) is 26.7 Å². The molecule has 0 fully saturated rings. The average molecular weight is 251 g/mol. The predicted molar refractivity (Wildman–Crippen MR) is 70.9 cm³/mol. The fraction of sp³-hybridized carbons (Fsp3) is 0.385. The number of hydrogen-bond acceptors (Lipinski definition) is 4. The van der Waals surface area contributed by atoms with Gasteiger partial charge in [-0.3, -0.25) is 0 Å². The van der Waals surface area contributed by atoms with Crippen LogP contribution in [-0.2, 0) is 9.53 Å². The van der Waals surface area contributed by atoms with E-state index in [0.717, 1.165) is 23.5 Å². The molecule has 1 aromatic rings. The first-order chi connectivity index (χ1) is 8.22. The van der Waals surface area contributed by atoms with Gasteiger partial charge in [-0.05, 0) is 32.8 Å². The van der Waals surface area contributed by atoms with E-state index in [-0.39, 0.29) is 5.97 Å². The summed E-state index contributed by atoms with van der Waals surface area (Å²) in [6, 6.07) is 0. The molecule has 17 heavy (non-hydrogen) atoms. The Balaban J connectivity index is 2.20. The van der Waals surface area contributed by atoms with Crippen molar-refractivity contribution < 1.29 is 9.53 Å². The highest BCUT2D eigenvalue weighted by molar-refractivity contribution is 7.09. The Labute approximate surface area is 106 Å². The molecule has 0 unspecified atom stereocenters. The molecule has 0 saturated heterocycles. The molecule has 1 aromatic heterocycles. The van der Waals surface area contributed by atoms with Crippen molar-refractivity contribution in [1.29, 1.82) is 0 Å². The molecule has 0 saturated carbocycles. The van der Waals surface area contributed by atoms with Crippen LogP contribution >= 0.6 is 11.3 Å². The van der Waals surface area contributed by atoms with Gasteiger partial charge in [-0.1, -0.05) is 12.2 Å². The third-order valence-electron chi connectivity index (χ3n) is 1.97. The van der Waals surface area contributed by atoms with Crippen LogP contribution in [0.3, 0.4) is 0 Å². The summed E-state index contributed by atoms with van der Waals surface area (Å²) in [5.74, 6) is -0.272. The lowest BCUT2D eigenvalue weighted by molar-refractivity contribution is -0.137. The van der Waals surface area contributed by atoms with E-state index >= 15 is 0 Å². The van der Waals surface area contributed by atoms with Crippen molar-refractivity contribution in [3.05, 3.63) is 34.3 Å². The van der Waals surface area contributed by atoms with E-state index in [1.165, 1.54) is 6.08 Å². The van der Waals surface area contributed by atoms with Crippen molar-refractivity contribution in [3.8, 4) is 0 Å². The van der Waals surface area contributed by atoms with Gasteiger partial charge >= 0.3 is 5.97 Å². The van der Waals surface area contributed by atoms with Gasteiger partial charge in [0.15, 0.2) is 0 Å². The molecular weight excluding hydrogens is 234 g/mol. The van der Waals surface area contributed by atoms with E-state index in [1.807, 2.05) is 24.5 Å². The third-order valence-corrected chi connectivity index (χ3v) is 2.76. The Morgan fingerprint density at radius 2 is 2.24 bits per heavy atom. The number of rotatable bonds is 6. The number of nitrogens with zero attached hydrogens (tertiary/aromatic N) is 1. The number of carbonyl (C=O) groups excluding carboxylic acids is 1. The fourth-order valence-corrected chi connectivity index (χ4v) is 1.80. The van der Waals surface area contributed by atoms with Crippen molar-refractivity contribution >= 4 is 23.4 Å². The van der Waals surface area contributed by atoms with Crippen molar-refractivity contribution in [3.63, 3.8) is 0 Å². The number of carbonyl (C=O) groups is 1. The molecule has 0 aliphatic heterocycles.